The van der Waals surface area contributed by atoms with Crippen LogP contribution in [0, 0.1) is 0 Å². The van der Waals surface area contributed by atoms with Gasteiger partial charge in [-0.2, -0.15) is 5.10 Å². The average Bonchev–Trinajstić information content (AvgIpc) is 2.10. The minimum Gasteiger partial charge on any atom is -0.377 e. The van der Waals surface area contributed by atoms with Crippen molar-refractivity contribution in [2.24, 2.45) is 0 Å². The van der Waals surface area contributed by atoms with Gasteiger partial charge in [-0.05, 0) is 6.07 Å². The van der Waals surface area contributed by atoms with Crippen LogP contribution in [-0.4, -0.2) is 30.8 Å². The van der Waals surface area contributed by atoms with Crippen molar-refractivity contribution in [3.05, 3.63) is 12.3 Å². The van der Waals surface area contributed by atoms with Gasteiger partial charge in [0.15, 0.2) is 0 Å². The predicted molar refractivity (Wildman–Crippen MR) is 37.5 cm³/mol. The lowest BCUT2D eigenvalue weighted by Gasteiger charge is -2.25. The zero-order valence-electron chi connectivity index (χ0n) is 5.53. The summed E-state index contributed by atoms with van der Waals surface area (Å²) in [6, 6.07) is 2.20. The van der Waals surface area contributed by atoms with E-state index in [1.807, 2.05) is 10.9 Å². The molecule has 2 radical (unpaired) electrons. The monoisotopic (exact) mass is 134 g/mol. The van der Waals surface area contributed by atoms with Crippen LogP contribution < -0.4 is 5.59 Å². The minimum absolute atomic E-state index is 0.414. The fraction of sp³-hybridized carbons (Fsp3) is 0.500. The molecule has 1 saturated heterocycles. The van der Waals surface area contributed by atoms with Gasteiger partial charge in [-0.25, -0.2) is 0 Å². The lowest BCUT2D eigenvalue weighted by molar-refractivity contribution is -0.0284. The van der Waals surface area contributed by atoms with E-state index in [1.165, 1.54) is 0 Å². The molecule has 0 N–H and O–H groups in total. The number of hydrogen-bond acceptors (Lipinski definition) is 2. The van der Waals surface area contributed by atoms with E-state index in [0.717, 1.165) is 13.2 Å². The third kappa shape index (κ3) is 0.846. The van der Waals surface area contributed by atoms with Crippen LogP contribution in [0.4, 0.5) is 0 Å². The molecule has 0 atom stereocenters. The molecule has 1 aromatic heterocycles. The molecule has 1 aliphatic heterocycles. The van der Waals surface area contributed by atoms with Gasteiger partial charge in [0, 0.05) is 11.8 Å². The third-order valence-electron chi connectivity index (χ3n) is 1.62. The first-order chi connectivity index (χ1) is 4.86. The van der Waals surface area contributed by atoms with Gasteiger partial charge < -0.3 is 4.74 Å². The van der Waals surface area contributed by atoms with Gasteiger partial charge in [0.2, 0.25) is 0 Å². The zero-order valence-corrected chi connectivity index (χ0v) is 5.53. The predicted octanol–water partition coefficient (Wildman–Crippen LogP) is -0.752. The Morgan fingerprint density at radius 3 is 2.90 bits per heavy atom. The van der Waals surface area contributed by atoms with E-state index in [2.05, 4.69) is 5.10 Å². The molecule has 0 amide bonds. The summed E-state index contributed by atoms with van der Waals surface area (Å²) in [6.07, 6.45) is 1.88. The van der Waals surface area contributed by atoms with Crippen LogP contribution in [0.15, 0.2) is 12.3 Å². The third-order valence-corrected chi connectivity index (χ3v) is 1.62. The van der Waals surface area contributed by atoms with Crippen molar-refractivity contribution in [3.63, 3.8) is 0 Å². The molecule has 0 saturated carbocycles. The molecule has 2 heterocycles. The summed E-state index contributed by atoms with van der Waals surface area (Å²) in [5, 5.41) is 4.05. The Bertz CT molecular complexity index is 231. The van der Waals surface area contributed by atoms with Gasteiger partial charge in [-0.15, -0.1) is 0 Å². The van der Waals surface area contributed by atoms with Crippen molar-refractivity contribution in [1.29, 1.82) is 0 Å². The number of aromatic nitrogens is 2. The van der Waals surface area contributed by atoms with E-state index in [-0.39, 0.29) is 0 Å². The van der Waals surface area contributed by atoms with E-state index in [0.29, 0.717) is 11.6 Å². The van der Waals surface area contributed by atoms with Crippen molar-refractivity contribution in [1.82, 2.24) is 9.78 Å². The fourth-order valence-corrected chi connectivity index (χ4v) is 0.932. The highest BCUT2D eigenvalue weighted by molar-refractivity contribution is 6.30. The molecule has 2 rings (SSSR count). The number of hydrogen-bond donors (Lipinski definition) is 0. The molecular formula is C6H7BN2O. The maximum atomic E-state index is 5.42. The molecule has 1 aliphatic rings. The lowest BCUT2D eigenvalue weighted by atomic mass is 10.1. The molecule has 4 heteroatoms. The molecule has 0 aromatic carbocycles. The molecule has 10 heavy (non-hydrogen) atoms. The number of nitrogens with zero attached hydrogens (tertiary/aromatic N) is 2. The van der Waals surface area contributed by atoms with Crippen LogP contribution in [-0.2, 0) is 4.74 Å². The fourth-order valence-electron chi connectivity index (χ4n) is 0.932. The molecule has 50 valence electrons. The standard InChI is InChI=1S/C6H7BN2O/c7-6-1-2-9(8-6)5-3-10-4-5/h1-2,5H,3-4H2. The smallest absolute Gasteiger partial charge is 0.144 e. The van der Waals surface area contributed by atoms with Crippen molar-refractivity contribution in [3.8, 4) is 0 Å². The van der Waals surface area contributed by atoms with Crippen molar-refractivity contribution in [2.45, 2.75) is 6.04 Å². The van der Waals surface area contributed by atoms with E-state index in [9.17, 15) is 0 Å². The van der Waals surface area contributed by atoms with Crippen LogP contribution >= 0.6 is 0 Å². The largest absolute Gasteiger partial charge is 0.377 e. The average molecular weight is 134 g/mol. The molecule has 1 fully saturated rings. The highest BCUT2D eigenvalue weighted by atomic mass is 16.5. The molecular weight excluding hydrogens is 127 g/mol. The van der Waals surface area contributed by atoms with Crippen LogP contribution in [0.5, 0.6) is 0 Å². The summed E-state index contributed by atoms with van der Waals surface area (Å²) < 4.78 is 6.84. The summed E-state index contributed by atoms with van der Waals surface area (Å²) in [5.41, 5.74) is 0.576. The first-order valence-corrected chi connectivity index (χ1v) is 3.24. The number of ether oxygens (including phenoxy) is 1. The minimum atomic E-state index is 0.414. The van der Waals surface area contributed by atoms with Gasteiger partial charge >= 0.3 is 0 Å². The molecule has 0 unspecified atom stereocenters. The Labute approximate surface area is 60.4 Å². The van der Waals surface area contributed by atoms with Crippen LogP contribution in [0.3, 0.4) is 0 Å². The van der Waals surface area contributed by atoms with Gasteiger partial charge in [0.1, 0.15) is 7.85 Å². The van der Waals surface area contributed by atoms with E-state index in [1.54, 1.807) is 6.07 Å². The topological polar surface area (TPSA) is 27.1 Å². The summed E-state index contributed by atoms with van der Waals surface area (Å²) in [5.74, 6) is 0. The zero-order chi connectivity index (χ0) is 6.97. The Kier molecular flexibility index (Phi) is 1.27. The Morgan fingerprint density at radius 1 is 1.70 bits per heavy atom. The number of rotatable bonds is 1. The second-order valence-electron chi connectivity index (χ2n) is 2.41. The lowest BCUT2D eigenvalue weighted by Crippen LogP contribution is -2.31. The highest BCUT2D eigenvalue weighted by Gasteiger charge is 2.20. The van der Waals surface area contributed by atoms with Crippen molar-refractivity contribution >= 4 is 13.4 Å². The molecule has 0 bridgehead atoms. The van der Waals surface area contributed by atoms with E-state index in [4.69, 9.17) is 12.6 Å². The van der Waals surface area contributed by atoms with Crippen LogP contribution in [0.2, 0.25) is 0 Å². The second kappa shape index (κ2) is 2.13. The SMILES string of the molecule is [B]c1ccn(C2COC2)n1. The van der Waals surface area contributed by atoms with Gasteiger partial charge in [0.05, 0.1) is 19.3 Å². The first kappa shape index (κ1) is 5.98. The molecule has 0 aliphatic carbocycles. The molecule has 0 spiro atoms. The summed E-state index contributed by atoms with van der Waals surface area (Å²) in [6.45, 7) is 1.53. The van der Waals surface area contributed by atoms with Crippen LogP contribution in [0.1, 0.15) is 6.04 Å². The Hall–Kier alpha value is -0.765. The first-order valence-electron chi connectivity index (χ1n) is 3.24. The van der Waals surface area contributed by atoms with Gasteiger partial charge in [-0.1, -0.05) is 0 Å². The van der Waals surface area contributed by atoms with Gasteiger partial charge in [-0.3, -0.25) is 4.68 Å². The van der Waals surface area contributed by atoms with E-state index < -0.39 is 0 Å². The maximum absolute atomic E-state index is 5.42. The quantitative estimate of drug-likeness (QED) is 0.472. The van der Waals surface area contributed by atoms with Crippen molar-refractivity contribution < 1.29 is 4.74 Å². The van der Waals surface area contributed by atoms with Crippen LogP contribution in [0.25, 0.3) is 0 Å². The molecule has 3 nitrogen and oxygen atoms in total. The highest BCUT2D eigenvalue weighted by Crippen LogP contribution is 2.13. The second-order valence-corrected chi connectivity index (χ2v) is 2.41. The molecule has 1 aromatic rings. The van der Waals surface area contributed by atoms with Gasteiger partial charge in [0.25, 0.3) is 0 Å². The summed E-state index contributed by atoms with van der Waals surface area (Å²) >= 11 is 0. The van der Waals surface area contributed by atoms with Crippen molar-refractivity contribution in [2.75, 3.05) is 13.2 Å². The Balaban J connectivity index is 2.17. The Morgan fingerprint density at radius 2 is 2.50 bits per heavy atom. The van der Waals surface area contributed by atoms with E-state index >= 15 is 0 Å². The normalized spacial score (nSPS) is 18.8. The summed E-state index contributed by atoms with van der Waals surface area (Å²) in [4.78, 5) is 0. The maximum Gasteiger partial charge on any atom is 0.144 e. The summed E-state index contributed by atoms with van der Waals surface area (Å²) in [7, 11) is 5.42.